The topological polar surface area (TPSA) is 62.7 Å². The van der Waals surface area contributed by atoms with Crippen molar-refractivity contribution >= 4 is 29.5 Å². The Balaban J connectivity index is 1.57. The highest BCUT2D eigenvalue weighted by molar-refractivity contribution is 7.71. The standard InChI is InChI=1S/C14H18N4OS2/c1-2-18-12(16-17-14(18)20)6-7-15-13(19)11-8-9-4-3-5-10(9)21-11/h8H,2-7H2,1H3,(H,15,19)(H,17,20). The fourth-order valence-electron chi connectivity index (χ4n) is 2.68. The molecule has 0 atom stereocenters. The van der Waals surface area contributed by atoms with Crippen molar-refractivity contribution < 1.29 is 4.79 Å². The molecule has 21 heavy (non-hydrogen) atoms. The molecule has 5 nitrogen and oxygen atoms in total. The largest absolute Gasteiger partial charge is 0.351 e. The minimum atomic E-state index is 0.0200. The van der Waals surface area contributed by atoms with Crippen LogP contribution in [0.25, 0.3) is 0 Å². The Morgan fingerprint density at radius 3 is 3.19 bits per heavy atom. The average molecular weight is 322 g/mol. The molecule has 112 valence electrons. The number of carbonyl (C=O) groups excluding carboxylic acids is 1. The van der Waals surface area contributed by atoms with Gasteiger partial charge in [-0.05, 0) is 50.0 Å². The monoisotopic (exact) mass is 322 g/mol. The van der Waals surface area contributed by atoms with Crippen LogP contribution >= 0.6 is 23.6 Å². The van der Waals surface area contributed by atoms with E-state index < -0.39 is 0 Å². The van der Waals surface area contributed by atoms with E-state index in [1.165, 1.54) is 16.9 Å². The Morgan fingerprint density at radius 2 is 2.43 bits per heavy atom. The molecule has 3 rings (SSSR count). The number of rotatable bonds is 5. The Morgan fingerprint density at radius 1 is 1.57 bits per heavy atom. The molecule has 0 spiro atoms. The van der Waals surface area contributed by atoms with Crippen LogP contribution in [-0.4, -0.2) is 27.2 Å². The summed E-state index contributed by atoms with van der Waals surface area (Å²) in [7, 11) is 0. The van der Waals surface area contributed by atoms with Gasteiger partial charge in [0, 0.05) is 24.4 Å². The van der Waals surface area contributed by atoms with Gasteiger partial charge in [-0.3, -0.25) is 9.89 Å². The average Bonchev–Trinajstić information content (AvgIpc) is 3.12. The number of nitrogens with one attached hydrogen (secondary N) is 2. The lowest BCUT2D eigenvalue weighted by molar-refractivity contribution is 0.0958. The molecule has 0 unspecified atom stereocenters. The fraction of sp³-hybridized carbons (Fsp3) is 0.500. The van der Waals surface area contributed by atoms with Crippen molar-refractivity contribution in [1.82, 2.24) is 20.1 Å². The van der Waals surface area contributed by atoms with Crippen LogP contribution in [0.15, 0.2) is 6.07 Å². The first-order valence-electron chi connectivity index (χ1n) is 7.23. The molecule has 0 saturated carbocycles. The number of fused-ring (bicyclic) bond motifs is 1. The van der Waals surface area contributed by atoms with E-state index in [9.17, 15) is 4.79 Å². The molecule has 2 aromatic heterocycles. The zero-order chi connectivity index (χ0) is 14.8. The maximum absolute atomic E-state index is 12.1. The number of aromatic nitrogens is 3. The molecular formula is C14H18N4OS2. The number of hydrogen-bond donors (Lipinski definition) is 2. The maximum Gasteiger partial charge on any atom is 0.261 e. The highest BCUT2D eigenvalue weighted by Gasteiger charge is 2.18. The van der Waals surface area contributed by atoms with Gasteiger partial charge in [-0.25, -0.2) is 0 Å². The second-order valence-corrected chi connectivity index (χ2v) is 6.63. The van der Waals surface area contributed by atoms with E-state index in [0.29, 0.717) is 17.7 Å². The number of carbonyl (C=O) groups is 1. The van der Waals surface area contributed by atoms with Gasteiger partial charge in [0.15, 0.2) is 4.77 Å². The molecule has 1 aliphatic carbocycles. The summed E-state index contributed by atoms with van der Waals surface area (Å²) in [5.41, 5.74) is 1.36. The molecular weight excluding hydrogens is 304 g/mol. The highest BCUT2D eigenvalue weighted by Crippen LogP contribution is 2.30. The minimum absolute atomic E-state index is 0.0200. The quantitative estimate of drug-likeness (QED) is 0.831. The lowest BCUT2D eigenvalue weighted by Gasteiger charge is -2.05. The summed E-state index contributed by atoms with van der Waals surface area (Å²) in [5, 5.41) is 9.95. The summed E-state index contributed by atoms with van der Waals surface area (Å²) in [6.07, 6.45) is 4.14. The predicted octanol–water partition coefficient (Wildman–Crippen LogP) is 2.48. The molecule has 2 heterocycles. The van der Waals surface area contributed by atoms with E-state index in [2.05, 4.69) is 15.5 Å². The number of aromatic amines is 1. The van der Waals surface area contributed by atoms with Crippen LogP contribution in [0.4, 0.5) is 0 Å². The number of amides is 1. The summed E-state index contributed by atoms with van der Waals surface area (Å²) < 4.78 is 2.58. The summed E-state index contributed by atoms with van der Waals surface area (Å²) in [5.74, 6) is 0.906. The van der Waals surface area contributed by atoms with E-state index in [1.54, 1.807) is 11.3 Å². The van der Waals surface area contributed by atoms with Crippen molar-refractivity contribution in [3.05, 3.63) is 32.0 Å². The smallest absolute Gasteiger partial charge is 0.261 e. The first-order chi connectivity index (χ1) is 10.2. The molecule has 2 aromatic rings. The molecule has 7 heteroatoms. The lowest BCUT2D eigenvalue weighted by atomic mass is 10.2. The molecule has 0 fully saturated rings. The third-order valence-corrected chi connectivity index (χ3v) is 5.31. The summed E-state index contributed by atoms with van der Waals surface area (Å²) >= 11 is 6.78. The predicted molar refractivity (Wildman–Crippen MR) is 85.5 cm³/mol. The fourth-order valence-corrected chi connectivity index (χ4v) is 4.13. The lowest BCUT2D eigenvalue weighted by Crippen LogP contribution is -2.25. The van der Waals surface area contributed by atoms with Crippen LogP contribution in [0, 0.1) is 4.77 Å². The summed E-state index contributed by atoms with van der Waals surface area (Å²) in [4.78, 5) is 14.4. The molecule has 0 aromatic carbocycles. The number of aryl methyl sites for hydroxylation is 2. The Hall–Kier alpha value is -1.47. The van der Waals surface area contributed by atoms with Gasteiger partial charge in [-0.15, -0.1) is 11.3 Å². The SMILES string of the molecule is CCn1c(CCNC(=O)c2cc3c(s2)CCC3)n[nH]c1=S. The molecule has 1 amide bonds. The van der Waals surface area contributed by atoms with Gasteiger partial charge in [0.1, 0.15) is 5.82 Å². The van der Waals surface area contributed by atoms with Gasteiger partial charge in [-0.2, -0.15) is 5.10 Å². The minimum Gasteiger partial charge on any atom is -0.351 e. The molecule has 0 saturated heterocycles. The van der Waals surface area contributed by atoms with Crippen LogP contribution in [0.5, 0.6) is 0 Å². The second kappa shape index (κ2) is 6.11. The summed E-state index contributed by atoms with van der Waals surface area (Å²) in [6, 6.07) is 2.05. The van der Waals surface area contributed by atoms with Crippen LogP contribution in [-0.2, 0) is 25.8 Å². The Kier molecular flexibility index (Phi) is 4.21. The van der Waals surface area contributed by atoms with Gasteiger partial charge in [-0.1, -0.05) is 0 Å². The number of hydrogen-bond acceptors (Lipinski definition) is 4. The molecule has 0 bridgehead atoms. The number of nitrogens with zero attached hydrogens (tertiary/aromatic N) is 2. The normalized spacial score (nSPS) is 13.4. The van der Waals surface area contributed by atoms with Crippen molar-refractivity contribution in [1.29, 1.82) is 0 Å². The van der Waals surface area contributed by atoms with E-state index in [1.807, 2.05) is 17.6 Å². The zero-order valence-electron chi connectivity index (χ0n) is 11.9. The van der Waals surface area contributed by atoms with Crippen molar-refractivity contribution in [3.63, 3.8) is 0 Å². The van der Waals surface area contributed by atoms with Crippen LogP contribution < -0.4 is 5.32 Å². The van der Waals surface area contributed by atoms with Crippen LogP contribution in [0.3, 0.4) is 0 Å². The Bertz CT molecular complexity index is 691. The van der Waals surface area contributed by atoms with Crippen molar-refractivity contribution in [2.24, 2.45) is 0 Å². The molecule has 0 radical (unpaired) electrons. The third-order valence-electron chi connectivity index (χ3n) is 3.76. The molecule has 0 aliphatic heterocycles. The van der Waals surface area contributed by atoms with Crippen molar-refractivity contribution in [2.45, 2.75) is 39.2 Å². The van der Waals surface area contributed by atoms with Crippen molar-refractivity contribution in [3.8, 4) is 0 Å². The van der Waals surface area contributed by atoms with E-state index >= 15 is 0 Å². The van der Waals surface area contributed by atoms with Gasteiger partial charge in [0.05, 0.1) is 4.88 Å². The van der Waals surface area contributed by atoms with E-state index in [0.717, 1.165) is 30.1 Å². The first-order valence-corrected chi connectivity index (χ1v) is 8.45. The maximum atomic E-state index is 12.1. The number of H-pyrrole nitrogens is 1. The summed E-state index contributed by atoms with van der Waals surface area (Å²) in [6.45, 7) is 3.39. The third kappa shape index (κ3) is 2.94. The van der Waals surface area contributed by atoms with Gasteiger partial charge in [0.25, 0.3) is 5.91 Å². The van der Waals surface area contributed by atoms with Crippen molar-refractivity contribution in [2.75, 3.05) is 6.54 Å². The molecule has 1 aliphatic rings. The Labute approximate surface area is 132 Å². The molecule has 2 N–H and O–H groups in total. The van der Waals surface area contributed by atoms with Gasteiger partial charge in [0.2, 0.25) is 0 Å². The van der Waals surface area contributed by atoms with Gasteiger partial charge < -0.3 is 9.88 Å². The first kappa shape index (κ1) is 14.5. The second-order valence-electron chi connectivity index (χ2n) is 5.11. The highest BCUT2D eigenvalue weighted by atomic mass is 32.1. The van der Waals surface area contributed by atoms with Gasteiger partial charge >= 0.3 is 0 Å². The van der Waals surface area contributed by atoms with E-state index in [4.69, 9.17) is 12.2 Å². The van der Waals surface area contributed by atoms with Crippen LogP contribution in [0.2, 0.25) is 0 Å². The number of thiophene rings is 1. The zero-order valence-corrected chi connectivity index (χ0v) is 13.6. The van der Waals surface area contributed by atoms with E-state index in [-0.39, 0.29) is 5.91 Å². The van der Waals surface area contributed by atoms with Crippen LogP contribution in [0.1, 0.15) is 39.3 Å².